The molecule has 2 atom stereocenters. The summed E-state index contributed by atoms with van der Waals surface area (Å²) in [7, 11) is 0. The molecule has 0 spiro atoms. The standard InChI is InChI=1S/C29H34N4O2S/c1-20-19-36-28(31-20)26-11-6-16-33(26)29(35)23-10-5-9-22(18-23)27(34)32-25(14-15-30-24-12-13-24)17-21-7-3-2-4-8-21/h2-5,7-10,18-19,24-26,30H,6,11-17H2,1H3,(H,32,34)/t25-,26-/m1/s1. The van der Waals surface area contributed by atoms with Crippen LogP contribution in [0.25, 0.3) is 0 Å². The van der Waals surface area contributed by atoms with Gasteiger partial charge in [0.1, 0.15) is 5.01 Å². The molecule has 0 bridgehead atoms. The lowest BCUT2D eigenvalue weighted by Gasteiger charge is -2.23. The van der Waals surface area contributed by atoms with Gasteiger partial charge >= 0.3 is 0 Å². The Morgan fingerprint density at radius 2 is 1.89 bits per heavy atom. The zero-order valence-electron chi connectivity index (χ0n) is 20.8. The first-order chi connectivity index (χ1) is 17.6. The van der Waals surface area contributed by atoms with Gasteiger partial charge in [-0.15, -0.1) is 11.3 Å². The molecule has 2 aliphatic rings. The van der Waals surface area contributed by atoms with E-state index in [0.29, 0.717) is 23.7 Å². The number of benzene rings is 2. The van der Waals surface area contributed by atoms with Crippen LogP contribution in [0.1, 0.15) is 75.1 Å². The van der Waals surface area contributed by atoms with Crippen molar-refractivity contribution in [3.63, 3.8) is 0 Å². The Balaban J connectivity index is 1.27. The maximum atomic E-state index is 13.4. The molecule has 2 aromatic carbocycles. The minimum absolute atomic E-state index is 0.0154. The Labute approximate surface area is 217 Å². The number of nitrogens with zero attached hydrogens (tertiary/aromatic N) is 2. The van der Waals surface area contributed by atoms with Crippen LogP contribution in [0.15, 0.2) is 60.0 Å². The normalized spacial score (nSPS) is 18.2. The van der Waals surface area contributed by atoms with Gasteiger partial charge in [-0.05, 0) is 75.8 Å². The lowest BCUT2D eigenvalue weighted by atomic mass is 10.0. The third kappa shape index (κ3) is 6.20. The Morgan fingerprint density at radius 1 is 1.08 bits per heavy atom. The van der Waals surface area contributed by atoms with Crippen molar-refractivity contribution in [1.82, 2.24) is 20.5 Å². The summed E-state index contributed by atoms with van der Waals surface area (Å²) in [6.45, 7) is 3.58. The molecule has 1 aliphatic carbocycles. The third-order valence-corrected chi connectivity index (χ3v) is 8.03. The number of likely N-dealkylation sites (tertiary alicyclic amines) is 1. The zero-order chi connectivity index (χ0) is 24.9. The van der Waals surface area contributed by atoms with E-state index in [4.69, 9.17) is 0 Å². The lowest BCUT2D eigenvalue weighted by Crippen LogP contribution is -2.39. The van der Waals surface area contributed by atoms with Crippen molar-refractivity contribution < 1.29 is 9.59 Å². The SMILES string of the molecule is Cc1csc([C@H]2CCCN2C(=O)c2cccc(C(=O)N[C@H](CCNC3CC3)Cc3ccccc3)c2)n1. The second-order valence-electron chi connectivity index (χ2n) is 9.94. The average molecular weight is 503 g/mol. The fraction of sp³-hybridized carbons (Fsp3) is 0.414. The molecule has 1 aliphatic heterocycles. The van der Waals surface area contributed by atoms with Crippen LogP contribution in [0.5, 0.6) is 0 Å². The molecule has 36 heavy (non-hydrogen) atoms. The van der Waals surface area contributed by atoms with Gasteiger partial charge in [0.2, 0.25) is 0 Å². The van der Waals surface area contributed by atoms with Crippen LogP contribution >= 0.6 is 11.3 Å². The summed E-state index contributed by atoms with van der Waals surface area (Å²) in [6.07, 6.45) is 6.02. The van der Waals surface area contributed by atoms with Crippen molar-refractivity contribution in [2.24, 2.45) is 0 Å². The molecule has 5 rings (SSSR count). The van der Waals surface area contributed by atoms with E-state index in [1.165, 1.54) is 18.4 Å². The second kappa shape index (κ2) is 11.4. The van der Waals surface area contributed by atoms with Gasteiger partial charge < -0.3 is 15.5 Å². The molecule has 2 fully saturated rings. The topological polar surface area (TPSA) is 74.3 Å². The monoisotopic (exact) mass is 502 g/mol. The molecule has 2 heterocycles. The molecule has 6 nitrogen and oxygen atoms in total. The highest BCUT2D eigenvalue weighted by Crippen LogP contribution is 2.34. The van der Waals surface area contributed by atoms with Crippen LogP contribution in [0.4, 0.5) is 0 Å². The number of rotatable bonds is 10. The molecule has 1 aromatic heterocycles. The first-order valence-corrected chi connectivity index (χ1v) is 13.9. The molecule has 7 heteroatoms. The molecule has 0 radical (unpaired) electrons. The predicted octanol–water partition coefficient (Wildman–Crippen LogP) is 4.91. The van der Waals surface area contributed by atoms with E-state index in [0.717, 1.165) is 42.9 Å². The molecule has 3 aromatic rings. The number of thiazole rings is 1. The number of nitrogens with one attached hydrogen (secondary N) is 2. The molecule has 2 amide bonds. The predicted molar refractivity (Wildman–Crippen MR) is 143 cm³/mol. The van der Waals surface area contributed by atoms with Gasteiger partial charge in [-0.25, -0.2) is 4.98 Å². The van der Waals surface area contributed by atoms with E-state index in [2.05, 4.69) is 27.8 Å². The van der Waals surface area contributed by atoms with Crippen molar-refractivity contribution in [2.45, 2.75) is 63.6 Å². The van der Waals surface area contributed by atoms with Gasteiger partial charge in [-0.3, -0.25) is 9.59 Å². The Bertz CT molecular complexity index is 1190. The largest absolute Gasteiger partial charge is 0.349 e. The first-order valence-electron chi connectivity index (χ1n) is 13.0. The van der Waals surface area contributed by atoms with Gasteiger partial charge in [-0.2, -0.15) is 0 Å². The molecule has 1 saturated carbocycles. The van der Waals surface area contributed by atoms with Crippen molar-refractivity contribution >= 4 is 23.2 Å². The van der Waals surface area contributed by atoms with E-state index in [9.17, 15) is 9.59 Å². The number of aryl methyl sites for hydroxylation is 1. The second-order valence-corrected chi connectivity index (χ2v) is 10.8. The summed E-state index contributed by atoms with van der Waals surface area (Å²) in [5.41, 5.74) is 3.27. The zero-order valence-corrected chi connectivity index (χ0v) is 21.6. The fourth-order valence-electron chi connectivity index (χ4n) is 4.89. The summed E-state index contributed by atoms with van der Waals surface area (Å²) in [5.74, 6) is -0.167. The highest BCUT2D eigenvalue weighted by atomic mass is 32.1. The molecule has 1 saturated heterocycles. The molecular weight excluding hydrogens is 468 g/mol. The number of hydrogen-bond acceptors (Lipinski definition) is 5. The summed E-state index contributed by atoms with van der Waals surface area (Å²) in [6, 6.07) is 18.1. The lowest BCUT2D eigenvalue weighted by molar-refractivity contribution is 0.0735. The third-order valence-electron chi connectivity index (χ3n) is 6.97. The summed E-state index contributed by atoms with van der Waals surface area (Å²) in [5, 5.41) is 9.82. The van der Waals surface area contributed by atoms with E-state index in [-0.39, 0.29) is 23.9 Å². The highest BCUT2D eigenvalue weighted by Gasteiger charge is 2.32. The maximum absolute atomic E-state index is 13.4. The van der Waals surface area contributed by atoms with Crippen LogP contribution in [0.3, 0.4) is 0 Å². The smallest absolute Gasteiger partial charge is 0.254 e. The number of aromatic nitrogens is 1. The Kier molecular flexibility index (Phi) is 7.78. The van der Waals surface area contributed by atoms with Gasteiger partial charge in [0.05, 0.1) is 6.04 Å². The Hall–Kier alpha value is -3.03. The molecule has 2 N–H and O–H groups in total. The van der Waals surface area contributed by atoms with Crippen LogP contribution in [-0.4, -0.2) is 46.9 Å². The minimum Gasteiger partial charge on any atom is -0.349 e. The molecule has 0 unspecified atom stereocenters. The van der Waals surface area contributed by atoms with E-state index < -0.39 is 0 Å². The number of amides is 2. The van der Waals surface area contributed by atoms with E-state index in [1.807, 2.05) is 47.5 Å². The van der Waals surface area contributed by atoms with Crippen molar-refractivity contribution in [3.8, 4) is 0 Å². The van der Waals surface area contributed by atoms with Gasteiger partial charge in [0.15, 0.2) is 0 Å². The maximum Gasteiger partial charge on any atom is 0.254 e. The fourth-order valence-corrected chi connectivity index (χ4v) is 5.84. The molecule has 188 valence electrons. The van der Waals surface area contributed by atoms with Gasteiger partial charge in [0, 0.05) is 40.8 Å². The van der Waals surface area contributed by atoms with E-state index in [1.54, 1.807) is 23.5 Å². The van der Waals surface area contributed by atoms with E-state index >= 15 is 0 Å². The van der Waals surface area contributed by atoms with Crippen molar-refractivity contribution in [2.75, 3.05) is 13.1 Å². The van der Waals surface area contributed by atoms with Crippen LogP contribution < -0.4 is 10.6 Å². The minimum atomic E-state index is -0.134. The number of carbonyl (C=O) groups is 2. The van der Waals surface area contributed by atoms with Crippen LogP contribution in [-0.2, 0) is 6.42 Å². The number of hydrogen-bond donors (Lipinski definition) is 2. The number of carbonyl (C=O) groups excluding carboxylic acids is 2. The summed E-state index contributed by atoms with van der Waals surface area (Å²) >= 11 is 1.62. The van der Waals surface area contributed by atoms with Gasteiger partial charge in [0.25, 0.3) is 11.8 Å². The summed E-state index contributed by atoms with van der Waals surface area (Å²) < 4.78 is 0. The summed E-state index contributed by atoms with van der Waals surface area (Å²) in [4.78, 5) is 33.3. The average Bonchev–Trinajstić information content (AvgIpc) is 3.40. The van der Waals surface area contributed by atoms with Crippen LogP contribution in [0.2, 0.25) is 0 Å². The first kappa shape index (κ1) is 24.7. The quantitative estimate of drug-likeness (QED) is 0.413. The van der Waals surface area contributed by atoms with Crippen molar-refractivity contribution in [3.05, 3.63) is 87.4 Å². The van der Waals surface area contributed by atoms with Crippen LogP contribution in [0, 0.1) is 6.92 Å². The Morgan fingerprint density at radius 3 is 2.64 bits per heavy atom. The van der Waals surface area contributed by atoms with Crippen molar-refractivity contribution in [1.29, 1.82) is 0 Å². The molecular formula is C29H34N4O2S. The highest BCUT2D eigenvalue weighted by molar-refractivity contribution is 7.09. The van der Waals surface area contributed by atoms with Gasteiger partial charge in [-0.1, -0.05) is 36.4 Å².